The molecule has 0 aliphatic carbocycles. The van der Waals surface area contributed by atoms with Crippen molar-refractivity contribution in [3.05, 3.63) is 33.4 Å². The van der Waals surface area contributed by atoms with Crippen molar-refractivity contribution < 1.29 is 0 Å². The van der Waals surface area contributed by atoms with E-state index in [1.54, 1.807) is 0 Å². The van der Waals surface area contributed by atoms with Gasteiger partial charge in [0, 0.05) is 15.6 Å². The lowest BCUT2D eigenvalue weighted by molar-refractivity contribution is 0.962. The zero-order valence-corrected chi connectivity index (χ0v) is 10.6. The fraction of sp³-hybridized carbons (Fsp3) is 0.333. The number of rotatable bonds is 2. The molecule has 2 aromatic rings. The number of hydrogen-bond acceptors (Lipinski definition) is 1. The zero-order chi connectivity index (χ0) is 11.0. The monoisotopic (exact) mass is 266 g/mol. The lowest BCUT2D eigenvalue weighted by Gasteiger charge is -2.02. The summed E-state index contributed by atoms with van der Waals surface area (Å²) in [7, 11) is 0. The zero-order valence-electron chi connectivity index (χ0n) is 9.02. The topological polar surface area (TPSA) is 41.8 Å². The molecule has 3 N–H and O–H groups in total. The van der Waals surface area contributed by atoms with Crippen LogP contribution in [-0.4, -0.2) is 11.5 Å². The van der Waals surface area contributed by atoms with Crippen molar-refractivity contribution in [2.45, 2.75) is 20.3 Å². The van der Waals surface area contributed by atoms with E-state index in [-0.39, 0.29) is 0 Å². The van der Waals surface area contributed by atoms with Crippen molar-refractivity contribution in [1.82, 2.24) is 4.98 Å². The Morgan fingerprint density at radius 2 is 2.07 bits per heavy atom. The third kappa shape index (κ3) is 1.70. The molecule has 0 saturated heterocycles. The summed E-state index contributed by atoms with van der Waals surface area (Å²) in [6, 6.07) is 4.22. The predicted molar refractivity (Wildman–Crippen MR) is 68.2 cm³/mol. The minimum absolute atomic E-state index is 0.694. The maximum Gasteiger partial charge on any atom is 0.0605 e. The van der Waals surface area contributed by atoms with Gasteiger partial charge in [-0.05, 0) is 59.9 Å². The van der Waals surface area contributed by atoms with E-state index in [9.17, 15) is 0 Å². The summed E-state index contributed by atoms with van der Waals surface area (Å²) < 4.78 is 1.12. The second kappa shape index (κ2) is 3.99. The van der Waals surface area contributed by atoms with Gasteiger partial charge in [0.15, 0.2) is 0 Å². The number of H-pyrrole nitrogens is 1. The first-order chi connectivity index (χ1) is 7.15. The molecule has 0 atom stereocenters. The molecular formula is C12H15BrN2. The standard InChI is InChI=1S/C12H15BrN2/c1-7-3-4-10(13)12-11(7)9(5-6-14)8(2)15-12/h3-4,15H,5-6,14H2,1-2H3. The molecule has 15 heavy (non-hydrogen) atoms. The van der Waals surface area contributed by atoms with Crippen molar-refractivity contribution >= 4 is 26.8 Å². The lowest BCUT2D eigenvalue weighted by atomic mass is 10.0. The second-order valence-corrected chi connectivity index (χ2v) is 4.74. The highest BCUT2D eigenvalue weighted by Gasteiger charge is 2.11. The van der Waals surface area contributed by atoms with Crippen LogP contribution in [0.3, 0.4) is 0 Å². The van der Waals surface area contributed by atoms with E-state index >= 15 is 0 Å². The first-order valence-electron chi connectivity index (χ1n) is 5.11. The van der Waals surface area contributed by atoms with E-state index in [0.29, 0.717) is 6.54 Å². The SMILES string of the molecule is Cc1[nH]c2c(Br)ccc(C)c2c1CCN. The van der Waals surface area contributed by atoms with Crippen molar-refractivity contribution in [2.24, 2.45) is 5.73 Å². The molecule has 1 heterocycles. The van der Waals surface area contributed by atoms with Gasteiger partial charge in [-0.1, -0.05) is 6.07 Å². The first kappa shape index (κ1) is 10.7. The molecule has 0 spiro atoms. The van der Waals surface area contributed by atoms with Crippen LogP contribution in [0, 0.1) is 13.8 Å². The van der Waals surface area contributed by atoms with Crippen LogP contribution in [-0.2, 0) is 6.42 Å². The summed E-state index contributed by atoms with van der Waals surface area (Å²) in [6.07, 6.45) is 0.934. The molecule has 0 unspecified atom stereocenters. The Kier molecular flexibility index (Phi) is 2.85. The fourth-order valence-electron chi connectivity index (χ4n) is 2.10. The van der Waals surface area contributed by atoms with Crippen LogP contribution in [0.4, 0.5) is 0 Å². The number of nitrogens with one attached hydrogen (secondary N) is 1. The number of fused-ring (bicyclic) bond motifs is 1. The number of aryl methyl sites for hydroxylation is 2. The third-order valence-electron chi connectivity index (χ3n) is 2.82. The van der Waals surface area contributed by atoms with Gasteiger partial charge in [-0.2, -0.15) is 0 Å². The van der Waals surface area contributed by atoms with Crippen molar-refractivity contribution in [3.63, 3.8) is 0 Å². The van der Waals surface area contributed by atoms with Crippen LogP contribution in [0.15, 0.2) is 16.6 Å². The van der Waals surface area contributed by atoms with E-state index in [4.69, 9.17) is 5.73 Å². The maximum absolute atomic E-state index is 5.64. The third-order valence-corrected chi connectivity index (χ3v) is 3.48. The average Bonchev–Trinajstić information content (AvgIpc) is 2.53. The average molecular weight is 267 g/mol. The molecule has 0 bridgehead atoms. The molecule has 1 aromatic heterocycles. The number of halogens is 1. The van der Waals surface area contributed by atoms with Crippen molar-refractivity contribution in [2.75, 3.05) is 6.54 Å². The minimum Gasteiger partial charge on any atom is -0.357 e. The van der Waals surface area contributed by atoms with Crippen LogP contribution in [0.1, 0.15) is 16.8 Å². The summed E-state index contributed by atoms with van der Waals surface area (Å²) in [6.45, 7) is 4.94. The number of nitrogens with two attached hydrogens (primary N) is 1. The smallest absolute Gasteiger partial charge is 0.0605 e. The van der Waals surface area contributed by atoms with Crippen LogP contribution < -0.4 is 5.73 Å². The number of benzene rings is 1. The molecule has 0 aliphatic heterocycles. The van der Waals surface area contributed by atoms with E-state index in [2.05, 4.69) is 46.9 Å². The van der Waals surface area contributed by atoms with Crippen LogP contribution in [0.5, 0.6) is 0 Å². The Morgan fingerprint density at radius 3 is 2.73 bits per heavy atom. The normalized spacial score (nSPS) is 11.2. The molecule has 0 amide bonds. The van der Waals surface area contributed by atoms with Gasteiger partial charge >= 0.3 is 0 Å². The molecule has 3 heteroatoms. The van der Waals surface area contributed by atoms with E-state index < -0.39 is 0 Å². The van der Waals surface area contributed by atoms with Gasteiger partial charge in [0.2, 0.25) is 0 Å². The number of aromatic amines is 1. The largest absolute Gasteiger partial charge is 0.357 e. The minimum atomic E-state index is 0.694. The predicted octanol–water partition coefficient (Wildman–Crippen LogP) is 3.05. The quantitative estimate of drug-likeness (QED) is 0.862. The van der Waals surface area contributed by atoms with Crippen LogP contribution >= 0.6 is 15.9 Å². The molecule has 2 rings (SSSR count). The van der Waals surface area contributed by atoms with Gasteiger partial charge in [0.25, 0.3) is 0 Å². The summed E-state index contributed by atoms with van der Waals surface area (Å²) in [5, 5.41) is 1.33. The summed E-state index contributed by atoms with van der Waals surface area (Å²) in [4.78, 5) is 3.42. The molecule has 0 aliphatic rings. The maximum atomic E-state index is 5.64. The molecule has 0 radical (unpaired) electrons. The molecule has 80 valence electrons. The Labute approximate surface area is 98.0 Å². The van der Waals surface area contributed by atoms with Gasteiger partial charge in [-0.3, -0.25) is 0 Å². The van der Waals surface area contributed by atoms with Crippen LogP contribution in [0.25, 0.3) is 10.9 Å². The highest BCUT2D eigenvalue weighted by molar-refractivity contribution is 9.10. The summed E-state index contributed by atoms with van der Waals surface area (Å²) >= 11 is 3.57. The van der Waals surface area contributed by atoms with Crippen molar-refractivity contribution in [1.29, 1.82) is 0 Å². The Hall–Kier alpha value is -0.800. The van der Waals surface area contributed by atoms with E-state index in [1.807, 2.05) is 0 Å². The molecule has 1 aromatic carbocycles. The molecule has 0 fully saturated rings. The lowest BCUT2D eigenvalue weighted by Crippen LogP contribution is -2.03. The Morgan fingerprint density at radius 1 is 1.33 bits per heavy atom. The van der Waals surface area contributed by atoms with Gasteiger partial charge in [0.05, 0.1) is 5.52 Å². The molecular weight excluding hydrogens is 252 g/mol. The summed E-state index contributed by atoms with van der Waals surface area (Å²) in [5.74, 6) is 0. The van der Waals surface area contributed by atoms with E-state index in [1.165, 1.54) is 27.7 Å². The number of hydrogen-bond donors (Lipinski definition) is 2. The highest BCUT2D eigenvalue weighted by atomic mass is 79.9. The molecule has 0 saturated carbocycles. The van der Waals surface area contributed by atoms with E-state index in [0.717, 1.165) is 10.9 Å². The highest BCUT2D eigenvalue weighted by Crippen LogP contribution is 2.31. The second-order valence-electron chi connectivity index (χ2n) is 3.88. The first-order valence-corrected chi connectivity index (χ1v) is 5.90. The van der Waals surface area contributed by atoms with Gasteiger partial charge < -0.3 is 10.7 Å². The molecule has 2 nitrogen and oxygen atoms in total. The Bertz CT molecular complexity index is 500. The fourth-order valence-corrected chi connectivity index (χ4v) is 2.53. The van der Waals surface area contributed by atoms with Gasteiger partial charge in [-0.25, -0.2) is 0 Å². The van der Waals surface area contributed by atoms with Gasteiger partial charge in [-0.15, -0.1) is 0 Å². The Balaban J connectivity index is 2.79. The number of aromatic nitrogens is 1. The summed E-state index contributed by atoms with van der Waals surface area (Å²) in [5.41, 5.74) is 10.7. The van der Waals surface area contributed by atoms with Crippen molar-refractivity contribution in [3.8, 4) is 0 Å². The van der Waals surface area contributed by atoms with Gasteiger partial charge in [0.1, 0.15) is 0 Å². The van der Waals surface area contributed by atoms with Crippen LogP contribution in [0.2, 0.25) is 0 Å².